The van der Waals surface area contributed by atoms with Gasteiger partial charge < -0.3 is 14.6 Å². The molecule has 1 saturated heterocycles. The lowest BCUT2D eigenvalue weighted by Gasteiger charge is -2.22. The third-order valence-electron chi connectivity index (χ3n) is 5.40. The highest BCUT2D eigenvalue weighted by atomic mass is 32.1. The Morgan fingerprint density at radius 1 is 1.19 bits per heavy atom. The lowest BCUT2D eigenvalue weighted by molar-refractivity contribution is -0.132. The maximum atomic E-state index is 13.3. The number of anilines is 1. The zero-order valence-electron chi connectivity index (χ0n) is 20.2. The van der Waals surface area contributed by atoms with Gasteiger partial charge in [-0.1, -0.05) is 17.4 Å². The summed E-state index contributed by atoms with van der Waals surface area (Å²) >= 11 is 0.952. The summed E-state index contributed by atoms with van der Waals surface area (Å²) in [7, 11) is 0. The van der Waals surface area contributed by atoms with E-state index in [2.05, 4.69) is 9.97 Å². The Bertz CT molecular complexity index is 1330. The van der Waals surface area contributed by atoms with Crippen LogP contribution in [0.2, 0.25) is 0 Å². The fourth-order valence-electron chi connectivity index (χ4n) is 3.87. The molecule has 1 aliphatic rings. The summed E-state index contributed by atoms with van der Waals surface area (Å²) in [6.45, 7) is 7.31. The van der Waals surface area contributed by atoms with Crippen LogP contribution in [-0.4, -0.2) is 45.4 Å². The zero-order chi connectivity index (χ0) is 26.0. The first-order valence-electron chi connectivity index (χ1n) is 11.4. The second-order valence-electron chi connectivity index (χ2n) is 8.28. The predicted molar refractivity (Wildman–Crippen MR) is 134 cm³/mol. The Morgan fingerprint density at radius 2 is 1.92 bits per heavy atom. The maximum absolute atomic E-state index is 13.3. The van der Waals surface area contributed by atoms with Gasteiger partial charge in [-0.3, -0.25) is 19.5 Å². The van der Waals surface area contributed by atoms with Crippen LogP contribution in [0.4, 0.5) is 5.13 Å². The van der Waals surface area contributed by atoms with Crippen molar-refractivity contribution in [3.05, 3.63) is 76.1 Å². The molecule has 0 radical (unpaired) electrons. The Kier molecular flexibility index (Phi) is 7.16. The second kappa shape index (κ2) is 10.3. The standard InChI is InChI=1S/C26H25N3O6S/c1-5-34-25(33)23-15(4)28-26(36-23)29-20(17-7-6-12-27-13-17)19(22(31)24(29)32)21(30)16-8-10-18(11-9-16)35-14(2)3/h6-14,20,30H,5H2,1-4H3/b21-19+/t20-/m0/s1. The average Bonchev–Trinajstić information content (AvgIpc) is 3.36. The minimum absolute atomic E-state index is 0.0263. The van der Waals surface area contributed by atoms with Crippen molar-refractivity contribution >= 4 is 39.9 Å². The van der Waals surface area contributed by atoms with Gasteiger partial charge in [-0.15, -0.1) is 0 Å². The minimum Gasteiger partial charge on any atom is -0.507 e. The van der Waals surface area contributed by atoms with Gasteiger partial charge in [-0.25, -0.2) is 9.78 Å². The van der Waals surface area contributed by atoms with Crippen LogP contribution >= 0.6 is 11.3 Å². The van der Waals surface area contributed by atoms with Gasteiger partial charge >= 0.3 is 11.9 Å². The molecule has 36 heavy (non-hydrogen) atoms. The first-order valence-corrected chi connectivity index (χ1v) is 12.2. The quantitative estimate of drug-likeness (QED) is 0.216. The van der Waals surface area contributed by atoms with Crippen molar-refractivity contribution in [2.75, 3.05) is 11.5 Å². The van der Waals surface area contributed by atoms with E-state index in [9.17, 15) is 19.5 Å². The topological polar surface area (TPSA) is 119 Å². The highest BCUT2D eigenvalue weighted by molar-refractivity contribution is 7.17. The fourth-order valence-corrected chi connectivity index (χ4v) is 4.86. The Hall–Kier alpha value is -4.05. The summed E-state index contributed by atoms with van der Waals surface area (Å²) in [6.07, 6.45) is 3.06. The molecule has 4 rings (SSSR count). The monoisotopic (exact) mass is 507 g/mol. The fraction of sp³-hybridized carbons (Fsp3) is 0.269. The molecule has 3 aromatic rings. The van der Waals surface area contributed by atoms with Gasteiger partial charge in [0.15, 0.2) is 5.13 Å². The molecule has 1 aliphatic heterocycles. The van der Waals surface area contributed by atoms with Crippen molar-refractivity contribution in [1.29, 1.82) is 0 Å². The first kappa shape index (κ1) is 25.1. The molecule has 10 heteroatoms. The molecule has 1 amide bonds. The molecule has 0 saturated carbocycles. The summed E-state index contributed by atoms with van der Waals surface area (Å²) in [5, 5.41) is 11.4. The molecule has 1 aromatic carbocycles. The molecule has 1 N–H and O–H groups in total. The van der Waals surface area contributed by atoms with Crippen molar-refractivity contribution in [2.24, 2.45) is 0 Å². The number of hydrogen-bond acceptors (Lipinski definition) is 9. The summed E-state index contributed by atoms with van der Waals surface area (Å²) in [5.74, 6) is -2.02. The van der Waals surface area contributed by atoms with Gasteiger partial charge in [0.2, 0.25) is 0 Å². The molecule has 9 nitrogen and oxygen atoms in total. The first-order chi connectivity index (χ1) is 17.2. The molecular formula is C26H25N3O6S. The molecule has 0 spiro atoms. The molecule has 2 aromatic heterocycles. The molecule has 1 fully saturated rings. The number of pyridine rings is 1. The summed E-state index contributed by atoms with van der Waals surface area (Å²) in [4.78, 5) is 48.8. The van der Waals surface area contributed by atoms with Gasteiger partial charge in [0, 0.05) is 18.0 Å². The van der Waals surface area contributed by atoms with E-state index in [1.54, 1.807) is 56.4 Å². The van der Waals surface area contributed by atoms with E-state index in [-0.39, 0.29) is 34.1 Å². The van der Waals surface area contributed by atoms with Crippen LogP contribution in [0.15, 0.2) is 54.4 Å². The van der Waals surface area contributed by atoms with Crippen LogP contribution in [0.25, 0.3) is 5.76 Å². The summed E-state index contributed by atoms with van der Waals surface area (Å²) in [5.41, 5.74) is 1.13. The number of aromatic nitrogens is 2. The van der Waals surface area contributed by atoms with Crippen LogP contribution < -0.4 is 9.64 Å². The number of aliphatic hydroxyl groups excluding tert-OH is 1. The highest BCUT2D eigenvalue weighted by Gasteiger charge is 2.48. The number of aryl methyl sites for hydroxylation is 1. The molecule has 0 bridgehead atoms. The SMILES string of the molecule is CCOC(=O)c1sc(N2C(=O)C(=O)/C(=C(/O)c3ccc(OC(C)C)cc3)[C@@H]2c2cccnc2)nc1C. The van der Waals surface area contributed by atoms with E-state index >= 15 is 0 Å². The number of thiazole rings is 1. The number of ether oxygens (including phenoxy) is 2. The molecule has 3 heterocycles. The number of carbonyl (C=O) groups is 3. The average molecular weight is 508 g/mol. The molecular weight excluding hydrogens is 482 g/mol. The Morgan fingerprint density at radius 3 is 2.53 bits per heavy atom. The van der Waals surface area contributed by atoms with Crippen LogP contribution in [0.3, 0.4) is 0 Å². The van der Waals surface area contributed by atoms with E-state index in [1.807, 2.05) is 13.8 Å². The van der Waals surface area contributed by atoms with E-state index in [1.165, 1.54) is 11.1 Å². The van der Waals surface area contributed by atoms with Crippen LogP contribution in [0, 0.1) is 6.92 Å². The lowest BCUT2D eigenvalue weighted by Crippen LogP contribution is -2.29. The van der Waals surface area contributed by atoms with Crippen molar-refractivity contribution in [2.45, 2.75) is 39.8 Å². The Labute approximate surface area is 212 Å². The highest BCUT2D eigenvalue weighted by Crippen LogP contribution is 2.43. The number of Topliss-reactive ketones (excluding diaryl/α,β-unsaturated/α-hetero) is 1. The van der Waals surface area contributed by atoms with Crippen LogP contribution in [0.5, 0.6) is 5.75 Å². The van der Waals surface area contributed by atoms with Gasteiger partial charge in [-0.2, -0.15) is 0 Å². The molecule has 0 unspecified atom stereocenters. The lowest BCUT2D eigenvalue weighted by atomic mass is 9.96. The van der Waals surface area contributed by atoms with Crippen LogP contribution in [-0.2, 0) is 14.3 Å². The number of benzene rings is 1. The van der Waals surface area contributed by atoms with Crippen molar-refractivity contribution in [1.82, 2.24) is 9.97 Å². The number of aliphatic hydroxyl groups is 1. The predicted octanol–water partition coefficient (Wildman–Crippen LogP) is 4.44. The van der Waals surface area contributed by atoms with E-state index in [0.29, 0.717) is 22.6 Å². The maximum Gasteiger partial charge on any atom is 0.350 e. The number of amides is 1. The number of ketones is 1. The third kappa shape index (κ3) is 4.72. The smallest absolute Gasteiger partial charge is 0.350 e. The van der Waals surface area contributed by atoms with Gasteiger partial charge in [0.1, 0.15) is 16.4 Å². The number of nitrogens with zero attached hydrogens (tertiary/aromatic N) is 3. The van der Waals surface area contributed by atoms with Gasteiger partial charge in [0.05, 0.1) is 30.0 Å². The minimum atomic E-state index is -0.995. The zero-order valence-corrected chi connectivity index (χ0v) is 21.0. The third-order valence-corrected chi connectivity index (χ3v) is 6.53. The van der Waals surface area contributed by atoms with Gasteiger partial charge in [-0.05, 0) is 63.6 Å². The van der Waals surface area contributed by atoms with Crippen LogP contribution in [0.1, 0.15) is 53.3 Å². The largest absolute Gasteiger partial charge is 0.507 e. The van der Waals surface area contributed by atoms with E-state index < -0.39 is 23.7 Å². The van der Waals surface area contributed by atoms with Crippen molar-refractivity contribution in [3.63, 3.8) is 0 Å². The van der Waals surface area contributed by atoms with Gasteiger partial charge in [0.25, 0.3) is 5.78 Å². The number of rotatable bonds is 7. The second-order valence-corrected chi connectivity index (χ2v) is 9.26. The van der Waals surface area contributed by atoms with Crippen molar-refractivity contribution in [3.8, 4) is 5.75 Å². The van der Waals surface area contributed by atoms with E-state index in [0.717, 1.165) is 11.3 Å². The van der Waals surface area contributed by atoms with E-state index in [4.69, 9.17) is 9.47 Å². The van der Waals surface area contributed by atoms with Crippen molar-refractivity contribution < 1.29 is 29.0 Å². The number of carbonyl (C=O) groups excluding carboxylic acids is 3. The normalized spacial score (nSPS) is 17.0. The number of hydrogen-bond donors (Lipinski definition) is 1. The molecule has 1 atom stereocenters. The Balaban J connectivity index is 1.83. The summed E-state index contributed by atoms with van der Waals surface area (Å²) in [6, 6.07) is 8.98. The summed E-state index contributed by atoms with van der Waals surface area (Å²) < 4.78 is 10.7. The molecule has 186 valence electrons. The number of esters is 1. The molecule has 0 aliphatic carbocycles.